The van der Waals surface area contributed by atoms with Gasteiger partial charge in [0.1, 0.15) is 5.60 Å². The van der Waals surface area contributed by atoms with Gasteiger partial charge in [-0.1, -0.05) is 6.58 Å². The molecule has 1 saturated heterocycles. The molecule has 0 atom stereocenters. The van der Waals surface area contributed by atoms with Gasteiger partial charge in [-0.25, -0.2) is 9.59 Å². The summed E-state index contributed by atoms with van der Waals surface area (Å²) >= 11 is 0. The summed E-state index contributed by atoms with van der Waals surface area (Å²) in [5.74, 6) is -2.13. The van der Waals surface area contributed by atoms with Crippen LogP contribution in [0.2, 0.25) is 0 Å². The lowest BCUT2D eigenvalue weighted by Gasteiger charge is -2.20. The van der Waals surface area contributed by atoms with E-state index >= 15 is 0 Å². The van der Waals surface area contributed by atoms with Gasteiger partial charge in [-0.05, 0) is 20.8 Å². The van der Waals surface area contributed by atoms with E-state index in [2.05, 4.69) is 16.7 Å². The number of carbonyl (C=O) groups excluding carboxylic acids is 4. The molecule has 21 heavy (non-hydrogen) atoms. The highest BCUT2D eigenvalue weighted by molar-refractivity contribution is 6.02. The summed E-state index contributed by atoms with van der Waals surface area (Å²) in [6.45, 7) is 8.29. The summed E-state index contributed by atoms with van der Waals surface area (Å²) in [6.07, 6.45) is -0.700. The van der Waals surface area contributed by atoms with Crippen LogP contribution in [0.5, 0.6) is 0 Å². The van der Waals surface area contributed by atoms with E-state index in [-0.39, 0.29) is 25.0 Å². The zero-order valence-electron chi connectivity index (χ0n) is 12.2. The summed E-state index contributed by atoms with van der Waals surface area (Å²) in [6, 6.07) is 0. The highest BCUT2D eigenvalue weighted by Gasteiger charge is 2.33. The van der Waals surface area contributed by atoms with Crippen molar-refractivity contribution >= 4 is 23.9 Å². The quantitative estimate of drug-likeness (QED) is 0.604. The van der Waals surface area contributed by atoms with Crippen molar-refractivity contribution in [3.63, 3.8) is 0 Å². The van der Waals surface area contributed by atoms with Crippen molar-refractivity contribution in [2.75, 3.05) is 6.54 Å². The molecule has 1 aliphatic rings. The van der Waals surface area contributed by atoms with E-state index in [9.17, 15) is 19.2 Å². The van der Waals surface area contributed by atoms with Gasteiger partial charge in [0.15, 0.2) is 0 Å². The topological polar surface area (TPSA) is 102 Å². The normalized spacial score (nSPS) is 14.9. The number of amides is 3. The van der Waals surface area contributed by atoms with Crippen molar-refractivity contribution in [3.05, 3.63) is 12.2 Å². The van der Waals surface area contributed by atoms with Crippen LogP contribution in [0.25, 0.3) is 0 Å². The lowest BCUT2D eigenvalue weighted by atomic mass is 10.2. The van der Waals surface area contributed by atoms with E-state index in [0.29, 0.717) is 5.06 Å². The molecule has 3 amide bonds. The second-order valence-electron chi connectivity index (χ2n) is 5.42. The van der Waals surface area contributed by atoms with Crippen molar-refractivity contribution in [2.45, 2.75) is 39.2 Å². The number of ether oxygens (including phenoxy) is 1. The maximum absolute atomic E-state index is 11.6. The Morgan fingerprint density at radius 2 is 1.76 bits per heavy atom. The smallest absolute Gasteiger partial charge is 0.407 e. The lowest BCUT2D eigenvalue weighted by Crippen LogP contribution is -2.36. The van der Waals surface area contributed by atoms with Crippen LogP contribution in [-0.2, 0) is 24.0 Å². The number of nitrogens with one attached hydrogen (secondary N) is 1. The van der Waals surface area contributed by atoms with Crippen LogP contribution < -0.4 is 5.32 Å². The van der Waals surface area contributed by atoms with Gasteiger partial charge >= 0.3 is 12.1 Å². The van der Waals surface area contributed by atoms with Crippen LogP contribution in [0.4, 0.5) is 4.79 Å². The molecule has 0 radical (unpaired) electrons. The van der Waals surface area contributed by atoms with Gasteiger partial charge in [-0.2, -0.15) is 0 Å². The minimum atomic E-state index is -0.963. The average Bonchev–Trinajstić information content (AvgIpc) is 2.65. The van der Waals surface area contributed by atoms with Crippen LogP contribution in [0.1, 0.15) is 33.6 Å². The Hall–Kier alpha value is -2.38. The number of alkyl carbamates (subject to hydrolysis) is 1. The average molecular weight is 298 g/mol. The second kappa shape index (κ2) is 6.38. The molecule has 0 aliphatic carbocycles. The molecule has 1 rings (SSSR count). The van der Waals surface area contributed by atoms with E-state index in [0.717, 1.165) is 0 Å². The van der Waals surface area contributed by atoms with Crippen LogP contribution in [0.15, 0.2) is 12.2 Å². The molecule has 1 N–H and O–H groups in total. The Morgan fingerprint density at radius 3 is 2.24 bits per heavy atom. The second-order valence-corrected chi connectivity index (χ2v) is 5.42. The molecule has 0 aromatic rings. The number of hydrogen-bond donors (Lipinski definition) is 1. The molecule has 8 heteroatoms. The Morgan fingerprint density at radius 1 is 1.24 bits per heavy atom. The van der Waals surface area contributed by atoms with Crippen LogP contribution in [0.3, 0.4) is 0 Å². The van der Waals surface area contributed by atoms with Gasteiger partial charge in [0.2, 0.25) is 0 Å². The van der Waals surface area contributed by atoms with Gasteiger partial charge in [0, 0.05) is 12.8 Å². The molecule has 1 heterocycles. The number of imide groups is 1. The molecule has 8 nitrogen and oxygen atoms in total. The van der Waals surface area contributed by atoms with Gasteiger partial charge in [-0.15, -0.1) is 5.06 Å². The third-order valence-corrected chi connectivity index (χ3v) is 2.31. The fourth-order valence-electron chi connectivity index (χ4n) is 1.37. The summed E-state index contributed by atoms with van der Waals surface area (Å²) < 4.78 is 4.97. The largest absolute Gasteiger partial charge is 0.444 e. The van der Waals surface area contributed by atoms with E-state index in [1.165, 1.54) is 0 Å². The van der Waals surface area contributed by atoms with E-state index < -0.39 is 29.5 Å². The molecule has 1 fully saturated rings. The summed E-state index contributed by atoms with van der Waals surface area (Å²) in [4.78, 5) is 50.2. The number of hydroxylamine groups is 2. The molecule has 0 bridgehead atoms. The fraction of sp³-hybridized carbons (Fsp3) is 0.538. The zero-order valence-corrected chi connectivity index (χ0v) is 12.2. The molecular formula is C13H18N2O6. The first-order valence-corrected chi connectivity index (χ1v) is 6.33. The predicted molar refractivity (Wildman–Crippen MR) is 70.6 cm³/mol. The molecule has 0 spiro atoms. The Balaban J connectivity index is 2.42. The molecule has 0 unspecified atom stereocenters. The van der Waals surface area contributed by atoms with Crippen LogP contribution in [0, 0.1) is 0 Å². The van der Waals surface area contributed by atoms with Crippen molar-refractivity contribution in [1.82, 2.24) is 10.4 Å². The van der Waals surface area contributed by atoms with E-state index in [4.69, 9.17) is 4.74 Å². The zero-order chi connectivity index (χ0) is 16.2. The first kappa shape index (κ1) is 16.7. The predicted octanol–water partition coefficient (Wildman–Crippen LogP) is 0.674. The summed E-state index contributed by atoms with van der Waals surface area (Å²) in [7, 11) is 0. The van der Waals surface area contributed by atoms with Gasteiger partial charge in [-0.3, -0.25) is 9.59 Å². The van der Waals surface area contributed by atoms with E-state index in [1.807, 2.05) is 0 Å². The molecule has 0 aromatic carbocycles. The molecule has 0 aromatic heterocycles. The number of hydrogen-bond acceptors (Lipinski definition) is 6. The number of nitrogens with zero attached hydrogens (tertiary/aromatic N) is 1. The molecular weight excluding hydrogens is 280 g/mol. The lowest BCUT2D eigenvalue weighted by molar-refractivity contribution is -0.194. The highest BCUT2D eigenvalue weighted by Crippen LogP contribution is 2.13. The van der Waals surface area contributed by atoms with Crippen molar-refractivity contribution < 1.29 is 28.8 Å². The standard InChI is InChI=1S/C13H18N2O6/c1-8(7-14-12(19)20-13(2,3)4)11(18)21-15-9(16)5-6-10(15)17/h1,5-7H2,2-4H3,(H,14,19). The van der Waals surface area contributed by atoms with Crippen LogP contribution >= 0.6 is 0 Å². The van der Waals surface area contributed by atoms with Crippen molar-refractivity contribution in [2.24, 2.45) is 0 Å². The van der Waals surface area contributed by atoms with Crippen LogP contribution in [-0.4, -0.2) is 41.1 Å². The maximum Gasteiger partial charge on any atom is 0.407 e. The van der Waals surface area contributed by atoms with Crippen molar-refractivity contribution in [3.8, 4) is 0 Å². The van der Waals surface area contributed by atoms with Gasteiger partial charge in [0.25, 0.3) is 11.8 Å². The maximum atomic E-state index is 11.6. The monoisotopic (exact) mass is 298 g/mol. The molecule has 116 valence electrons. The minimum absolute atomic E-state index is 0.00868. The Labute approximate surface area is 122 Å². The van der Waals surface area contributed by atoms with Gasteiger partial charge in [0.05, 0.1) is 12.1 Å². The third kappa shape index (κ3) is 5.25. The SMILES string of the molecule is C=C(CNC(=O)OC(C)(C)C)C(=O)ON1C(=O)CCC1=O. The number of carbonyl (C=O) groups is 4. The Kier molecular flexibility index (Phi) is 5.07. The third-order valence-electron chi connectivity index (χ3n) is 2.31. The molecule has 0 saturated carbocycles. The highest BCUT2D eigenvalue weighted by atomic mass is 16.7. The first-order valence-electron chi connectivity index (χ1n) is 6.33. The van der Waals surface area contributed by atoms with Crippen molar-refractivity contribution in [1.29, 1.82) is 0 Å². The van der Waals surface area contributed by atoms with Gasteiger partial charge < -0.3 is 14.9 Å². The molecule has 1 aliphatic heterocycles. The first-order chi connectivity index (χ1) is 9.60. The summed E-state index contributed by atoms with van der Waals surface area (Å²) in [5, 5.41) is 2.73. The number of rotatable bonds is 4. The minimum Gasteiger partial charge on any atom is -0.444 e. The fourth-order valence-corrected chi connectivity index (χ4v) is 1.37. The summed E-state index contributed by atoms with van der Waals surface area (Å²) in [5.41, 5.74) is -0.784. The Bertz CT molecular complexity index is 475. The van der Waals surface area contributed by atoms with E-state index in [1.54, 1.807) is 20.8 Å².